The van der Waals surface area contributed by atoms with Crippen molar-refractivity contribution in [2.24, 2.45) is 11.8 Å². The lowest BCUT2D eigenvalue weighted by molar-refractivity contribution is -0.128. The van der Waals surface area contributed by atoms with Gasteiger partial charge < -0.3 is 15.3 Å². The van der Waals surface area contributed by atoms with E-state index in [1.165, 1.54) is 30.2 Å². The van der Waals surface area contributed by atoms with Crippen LogP contribution in [0.3, 0.4) is 0 Å². The third kappa shape index (κ3) is 5.56. The van der Waals surface area contributed by atoms with Gasteiger partial charge in [0, 0.05) is 6.54 Å². The summed E-state index contributed by atoms with van der Waals surface area (Å²) in [4.78, 5) is 28.2. The van der Waals surface area contributed by atoms with Gasteiger partial charge in [0.1, 0.15) is 11.8 Å². The molecule has 2 amide bonds. The Morgan fingerprint density at radius 3 is 2.33 bits per heavy atom. The molecule has 3 rings (SSSR count). The summed E-state index contributed by atoms with van der Waals surface area (Å²) >= 11 is 0. The van der Waals surface area contributed by atoms with E-state index >= 15 is 0 Å². The van der Waals surface area contributed by atoms with E-state index in [0.717, 1.165) is 44.9 Å². The molecule has 0 aromatic heterocycles. The number of hydrogen-bond acceptors (Lipinski definition) is 3. The first-order valence-corrected chi connectivity index (χ1v) is 11.4. The molecule has 1 unspecified atom stereocenters. The number of nitrogens with one attached hydrogen (secondary N) is 1. The second kappa shape index (κ2) is 11.1. The van der Waals surface area contributed by atoms with Crippen LogP contribution in [0, 0.1) is 24.2 Å². The fourth-order valence-corrected chi connectivity index (χ4v) is 5.00. The van der Waals surface area contributed by atoms with E-state index in [-0.39, 0.29) is 35.6 Å². The van der Waals surface area contributed by atoms with Crippen LogP contribution in [-0.2, 0) is 4.79 Å². The highest BCUT2D eigenvalue weighted by Crippen LogP contribution is 2.31. The zero-order valence-electron chi connectivity index (χ0n) is 17.8. The number of amides is 2. The molecule has 5 nitrogen and oxygen atoms in total. The Balaban J connectivity index is 1.82. The summed E-state index contributed by atoms with van der Waals surface area (Å²) in [7, 11) is 0. The van der Waals surface area contributed by atoms with E-state index in [1.54, 1.807) is 18.2 Å². The Morgan fingerprint density at radius 2 is 1.70 bits per heavy atom. The normalized spacial score (nSPS) is 18.9. The van der Waals surface area contributed by atoms with Gasteiger partial charge in [-0.3, -0.25) is 9.59 Å². The lowest BCUT2D eigenvalue weighted by Gasteiger charge is -2.37. The molecule has 0 aliphatic heterocycles. The van der Waals surface area contributed by atoms with Gasteiger partial charge in [-0.05, 0) is 49.7 Å². The van der Waals surface area contributed by atoms with Crippen molar-refractivity contribution in [1.82, 2.24) is 10.2 Å². The predicted octanol–water partition coefficient (Wildman–Crippen LogP) is 4.11. The van der Waals surface area contributed by atoms with E-state index in [1.807, 2.05) is 0 Å². The molecule has 5 heteroatoms. The van der Waals surface area contributed by atoms with Gasteiger partial charge in [-0.15, -0.1) is 6.42 Å². The minimum Gasteiger partial charge on any atom is -0.507 e. The lowest BCUT2D eigenvalue weighted by Crippen LogP contribution is -2.54. The van der Waals surface area contributed by atoms with E-state index in [4.69, 9.17) is 6.42 Å². The molecule has 2 fully saturated rings. The highest BCUT2D eigenvalue weighted by Gasteiger charge is 2.37. The SMILES string of the molecule is C#CCN(C(=O)c1ccccc1O)C(C(=O)NCC1CCCCC1)C1CCCCC1. The van der Waals surface area contributed by atoms with E-state index in [9.17, 15) is 14.7 Å². The van der Waals surface area contributed by atoms with Crippen molar-refractivity contribution < 1.29 is 14.7 Å². The zero-order chi connectivity index (χ0) is 21.3. The lowest BCUT2D eigenvalue weighted by atomic mass is 9.82. The smallest absolute Gasteiger partial charge is 0.259 e. The number of nitrogens with zero attached hydrogens (tertiary/aromatic N) is 1. The number of phenols is 1. The first-order valence-electron chi connectivity index (χ1n) is 11.4. The Bertz CT molecular complexity index is 758. The van der Waals surface area contributed by atoms with Crippen molar-refractivity contribution in [1.29, 1.82) is 0 Å². The van der Waals surface area contributed by atoms with Gasteiger partial charge in [0.25, 0.3) is 5.91 Å². The minimum absolute atomic E-state index is 0.0468. The molecule has 0 heterocycles. The number of aromatic hydroxyl groups is 1. The highest BCUT2D eigenvalue weighted by molar-refractivity contribution is 5.99. The molecular formula is C25H34N2O3. The van der Waals surface area contributed by atoms with Crippen molar-refractivity contribution in [2.75, 3.05) is 13.1 Å². The van der Waals surface area contributed by atoms with E-state index in [0.29, 0.717) is 12.5 Å². The first kappa shape index (κ1) is 22.2. The maximum absolute atomic E-state index is 13.4. The van der Waals surface area contributed by atoms with Crippen LogP contribution < -0.4 is 5.32 Å². The summed E-state index contributed by atoms with van der Waals surface area (Å²) in [6, 6.07) is 5.85. The summed E-state index contributed by atoms with van der Waals surface area (Å²) in [5.74, 6) is 2.60. The van der Waals surface area contributed by atoms with Crippen molar-refractivity contribution in [2.45, 2.75) is 70.3 Å². The molecule has 0 radical (unpaired) electrons. The van der Waals surface area contributed by atoms with E-state index in [2.05, 4.69) is 11.2 Å². The monoisotopic (exact) mass is 410 g/mol. The molecule has 1 aromatic rings. The number of carbonyl (C=O) groups is 2. The molecule has 30 heavy (non-hydrogen) atoms. The van der Waals surface area contributed by atoms with Crippen molar-refractivity contribution in [3.63, 3.8) is 0 Å². The second-order valence-electron chi connectivity index (χ2n) is 8.75. The third-order valence-electron chi connectivity index (χ3n) is 6.65. The topological polar surface area (TPSA) is 69.6 Å². The Labute approximate surface area is 180 Å². The van der Waals surface area contributed by atoms with Gasteiger partial charge in [0.2, 0.25) is 5.91 Å². The average Bonchev–Trinajstić information content (AvgIpc) is 2.78. The number of terminal acetylenes is 1. The van der Waals surface area contributed by atoms with E-state index < -0.39 is 6.04 Å². The first-order chi connectivity index (χ1) is 14.6. The fourth-order valence-electron chi connectivity index (χ4n) is 5.00. The van der Waals surface area contributed by atoms with Gasteiger partial charge in [-0.1, -0.05) is 56.6 Å². The number of rotatable bonds is 7. The summed E-state index contributed by atoms with van der Waals surface area (Å²) in [6.45, 7) is 0.710. The van der Waals surface area contributed by atoms with Crippen molar-refractivity contribution in [3.8, 4) is 18.1 Å². The Hall–Kier alpha value is -2.48. The summed E-state index contributed by atoms with van der Waals surface area (Å²) in [6.07, 6.45) is 16.7. The minimum atomic E-state index is -0.600. The van der Waals surface area contributed by atoms with Crippen LogP contribution in [0.25, 0.3) is 0 Å². The molecule has 2 N–H and O–H groups in total. The Morgan fingerprint density at radius 1 is 1.07 bits per heavy atom. The highest BCUT2D eigenvalue weighted by atomic mass is 16.3. The maximum Gasteiger partial charge on any atom is 0.259 e. The van der Waals surface area contributed by atoms with Crippen LogP contribution in [0.5, 0.6) is 5.75 Å². The Kier molecular flexibility index (Phi) is 8.19. The summed E-state index contributed by atoms with van der Waals surface area (Å²) in [5, 5.41) is 13.3. The van der Waals surface area contributed by atoms with Crippen LogP contribution in [0.2, 0.25) is 0 Å². The molecule has 1 atom stereocenters. The summed E-state index contributed by atoms with van der Waals surface area (Å²) in [5.41, 5.74) is 0.189. The fraction of sp³-hybridized carbons (Fsp3) is 0.600. The number of para-hydroxylation sites is 1. The van der Waals surface area contributed by atoms with Crippen LogP contribution >= 0.6 is 0 Å². The number of carbonyl (C=O) groups excluding carboxylic acids is 2. The molecule has 2 saturated carbocycles. The summed E-state index contributed by atoms with van der Waals surface area (Å²) < 4.78 is 0. The largest absolute Gasteiger partial charge is 0.507 e. The molecular weight excluding hydrogens is 376 g/mol. The maximum atomic E-state index is 13.4. The molecule has 162 valence electrons. The molecule has 2 aliphatic carbocycles. The van der Waals surface area contributed by atoms with Crippen LogP contribution in [0.4, 0.5) is 0 Å². The van der Waals surface area contributed by atoms with Gasteiger partial charge in [-0.2, -0.15) is 0 Å². The van der Waals surface area contributed by atoms with Crippen LogP contribution in [0.15, 0.2) is 24.3 Å². The predicted molar refractivity (Wildman–Crippen MR) is 118 cm³/mol. The standard InChI is InChI=1S/C25H34N2O3/c1-2-17-27(25(30)21-15-9-10-16-22(21)28)23(20-13-7-4-8-14-20)24(29)26-18-19-11-5-3-6-12-19/h1,9-10,15-16,19-20,23,28H,3-8,11-14,17-18H2,(H,26,29). The molecule has 0 spiro atoms. The van der Waals surface area contributed by atoms with Gasteiger partial charge in [0.15, 0.2) is 0 Å². The second-order valence-corrected chi connectivity index (χ2v) is 8.75. The molecule has 1 aromatic carbocycles. The van der Waals surface area contributed by atoms with Gasteiger partial charge in [0.05, 0.1) is 12.1 Å². The van der Waals surface area contributed by atoms with Crippen LogP contribution in [0.1, 0.15) is 74.6 Å². The zero-order valence-corrected chi connectivity index (χ0v) is 17.8. The molecule has 0 saturated heterocycles. The van der Waals surface area contributed by atoms with Crippen LogP contribution in [-0.4, -0.2) is 41.0 Å². The average molecular weight is 411 g/mol. The van der Waals surface area contributed by atoms with Gasteiger partial charge in [-0.25, -0.2) is 0 Å². The number of hydrogen-bond donors (Lipinski definition) is 2. The third-order valence-corrected chi connectivity index (χ3v) is 6.65. The number of phenolic OH excluding ortho intramolecular Hbond substituents is 1. The number of benzene rings is 1. The van der Waals surface area contributed by atoms with Crippen molar-refractivity contribution in [3.05, 3.63) is 29.8 Å². The van der Waals surface area contributed by atoms with Crippen molar-refractivity contribution >= 4 is 11.8 Å². The molecule has 2 aliphatic rings. The van der Waals surface area contributed by atoms with Gasteiger partial charge >= 0.3 is 0 Å². The quantitative estimate of drug-likeness (QED) is 0.665. The molecule has 0 bridgehead atoms.